The van der Waals surface area contributed by atoms with Crippen LogP contribution in [0.3, 0.4) is 0 Å². The smallest absolute Gasteiger partial charge is 0.163 e. The van der Waals surface area contributed by atoms with E-state index in [0.717, 1.165) is 71.9 Å². The highest BCUT2D eigenvalue weighted by molar-refractivity contribution is 5.60. The van der Waals surface area contributed by atoms with Gasteiger partial charge < -0.3 is 5.32 Å². The Morgan fingerprint density at radius 2 is 2.00 bits per heavy atom. The maximum Gasteiger partial charge on any atom is 0.163 e. The van der Waals surface area contributed by atoms with Gasteiger partial charge in [0.2, 0.25) is 0 Å². The Balaban J connectivity index is 1.48. The van der Waals surface area contributed by atoms with E-state index in [4.69, 9.17) is 9.97 Å². The van der Waals surface area contributed by atoms with E-state index >= 15 is 0 Å². The van der Waals surface area contributed by atoms with Crippen LogP contribution in [0.4, 0.5) is 5.82 Å². The molecule has 0 atom stereocenters. The standard InChI is InChI=1S/C24H22N6/c25-16-24(9-10-24)18-13-17(14-26-15-18)22-29-21-7-2-1-6-20(21)23(30-22)28-12-8-19-5-3-4-11-27-19/h3-7,11,13-15H,1-2,8-10,12H2,(H,28,29,30). The van der Waals surface area contributed by atoms with Crippen molar-refractivity contribution in [1.82, 2.24) is 19.9 Å². The molecule has 0 aliphatic heterocycles. The molecule has 2 aliphatic carbocycles. The van der Waals surface area contributed by atoms with Crippen LogP contribution in [0.1, 0.15) is 36.9 Å². The average molecular weight is 394 g/mol. The molecule has 0 bridgehead atoms. The van der Waals surface area contributed by atoms with Gasteiger partial charge in [-0.05, 0) is 49.4 Å². The van der Waals surface area contributed by atoms with Crippen LogP contribution < -0.4 is 15.9 Å². The fourth-order valence-electron chi connectivity index (χ4n) is 3.82. The Labute approximate surface area is 175 Å². The zero-order valence-corrected chi connectivity index (χ0v) is 16.7. The van der Waals surface area contributed by atoms with Crippen LogP contribution in [0.15, 0.2) is 42.9 Å². The molecule has 30 heavy (non-hydrogen) atoms. The second-order valence-electron chi connectivity index (χ2n) is 7.83. The third-order valence-corrected chi connectivity index (χ3v) is 5.74. The Kier molecular flexibility index (Phi) is 4.72. The molecule has 1 fully saturated rings. The van der Waals surface area contributed by atoms with Gasteiger partial charge in [-0.2, -0.15) is 5.26 Å². The second kappa shape index (κ2) is 7.68. The summed E-state index contributed by atoms with van der Waals surface area (Å²) >= 11 is 0. The first-order chi connectivity index (χ1) is 14.8. The molecular weight excluding hydrogens is 372 g/mol. The minimum atomic E-state index is -0.374. The number of nitrogens with zero attached hydrogens (tertiary/aromatic N) is 5. The van der Waals surface area contributed by atoms with Crippen LogP contribution in [0, 0.1) is 11.3 Å². The summed E-state index contributed by atoms with van der Waals surface area (Å²) in [5, 5.41) is 15.0. The summed E-state index contributed by atoms with van der Waals surface area (Å²) in [5.41, 5.74) is 2.49. The minimum Gasteiger partial charge on any atom is -0.369 e. The Hall–Kier alpha value is -3.59. The van der Waals surface area contributed by atoms with Crippen molar-refractivity contribution in [2.45, 2.75) is 37.5 Å². The average Bonchev–Trinajstić information content (AvgIpc) is 3.61. The minimum absolute atomic E-state index is 0.374. The largest absolute Gasteiger partial charge is 0.369 e. The van der Waals surface area contributed by atoms with Crippen LogP contribution >= 0.6 is 0 Å². The number of nitrogens with one attached hydrogen (secondary N) is 1. The molecule has 6 heteroatoms. The van der Waals surface area contributed by atoms with Gasteiger partial charge in [-0.15, -0.1) is 0 Å². The molecule has 2 aliphatic rings. The molecule has 1 saturated carbocycles. The summed E-state index contributed by atoms with van der Waals surface area (Å²) in [6, 6.07) is 10.4. The predicted molar refractivity (Wildman–Crippen MR) is 116 cm³/mol. The van der Waals surface area contributed by atoms with E-state index in [2.05, 4.69) is 33.5 Å². The highest BCUT2D eigenvalue weighted by Crippen LogP contribution is 2.47. The van der Waals surface area contributed by atoms with Crippen molar-refractivity contribution in [2.24, 2.45) is 0 Å². The van der Waals surface area contributed by atoms with Crippen molar-refractivity contribution in [1.29, 1.82) is 5.26 Å². The number of hydrogen-bond donors (Lipinski definition) is 1. The highest BCUT2D eigenvalue weighted by atomic mass is 15.0. The first-order valence-corrected chi connectivity index (χ1v) is 10.4. The van der Waals surface area contributed by atoms with Gasteiger partial charge in [0.25, 0.3) is 0 Å². The molecule has 6 nitrogen and oxygen atoms in total. The van der Waals surface area contributed by atoms with E-state index in [-0.39, 0.29) is 5.41 Å². The third-order valence-electron chi connectivity index (χ3n) is 5.74. The van der Waals surface area contributed by atoms with Crippen molar-refractivity contribution in [3.63, 3.8) is 0 Å². The lowest BCUT2D eigenvalue weighted by molar-refractivity contribution is 0.896. The lowest BCUT2D eigenvalue weighted by Gasteiger charge is -2.12. The van der Waals surface area contributed by atoms with Crippen LogP contribution in [-0.2, 0) is 11.8 Å². The number of fused-ring (bicyclic) bond motifs is 1. The van der Waals surface area contributed by atoms with Gasteiger partial charge in [0.05, 0.1) is 16.8 Å². The maximum absolute atomic E-state index is 9.53. The summed E-state index contributed by atoms with van der Waals surface area (Å²) < 4.78 is 0. The van der Waals surface area contributed by atoms with E-state index in [0.29, 0.717) is 5.82 Å². The van der Waals surface area contributed by atoms with E-state index in [1.54, 1.807) is 12.4 Å². The lowest BCUT2D eigenvalue weighted by Crippen LogP contribution is -2.35. The molecule has 0 amide bonds. The van der Waals surface area contributed by atoms with Gasteiger partial charge >= 0.3 is 0 Å². The van der Waals surface area contributed by atoms with E-state index in [9.17, 15) is 5.26 Å². The zero-order chi connectivity index (χ0) is 20.4. The fourth-order valence-corrected chi connectivity index (χ4v) is 3.82. The first-order valence-electron chi connectivity index (χ1n) is 10.4. The number of anilines is 1. The van der Waals surface area contributed by atoms with Gasteiger partial charge in [-0.1, -0.05) is 18.2 Å². The normalized spacial score (nSPS) is 15.8. The van der Waals surface area contributed by atoms with Gasteiger partial charge in [0, 0.05) is 48.0 Å². The first kappa shape index (κ1) is 18.4. The molecule has 0 aromatic carbocycles. The summed E-state index contributed by atoms with van der Waals surface area (Å²) in [4.78, 5) is 18.4. The van der Waals surface area contributed by atoms with Crippen molar-refractivity contribution in [3.05, 3.63) is 64.7 Å². The maximum atomic E-state index is 9.53. The number of nitriles is 1. The molecule has 3 aromatic rings. The van der Waals surface area contributed by atoms with Crippen molar-refractivity contribution in [3.8, 4) is 17.5 Å². The second-order valence-corrected chi connectivity index (χ2v) is 7.83. The Morgan fingerprint density at radius 1 is 1.10 bits per heavy atom. The predicted octanol–water partition coefficient (Wildman–Crippen LogP) is 2.50. The topological polar surface area (TPSA) is 87.4 Å². The monoisotopic (exact) mass is 394 g/mol. The molecule has 0 unspecified atom stereocenters. The molecule has 3 heterocycles. The number of hydrogen-bond acceptors (Lipinski definition) is 6. The van der Waals surface area contributed by atoms with Gasteiger partial charge in [-0.3, -0.25) is 9.97 Å². The van der Waals surface area contributed by atoms with Crippen LogP contribution in [-0.4, -0.2) is 26.5 Å². The van der Waals surface area contributed by atoms with Gasteiger partial charge in [0.15, 0.2) is 5.82 Å². The van der Waals surface area contributed by atoms with Crippen LogP contribution in [0.25, 0.3) is 23.5 Å². The van der Waals surface area contributed by atoms with Crippen molar-refractivity contribution < 1.29 is 0 Å². The Morgan fingerprint density at radius 3 is 2.80 bits per heavy atom. The number of pyridine rings is 2. The van der Waals surface area contributed by atoms with Crippen molar-refractivity contribution in [2.75, 3.05) is 11.9 Å². The Bertz CT molecular complexity index is 1240. The van der Waals surface area contributed by atoms with E-state index < -0.39 is 0 Å². The van der Waals surface area contributed by atoms with Gasteiger partial charge in [0.1, 0.15) is 5.82 Å². The molecule has 1 N–H and O–H groups in total. The number of aromatic nitrogens is 4. The third kappa shape index (κ3) is 3.55. The number of rotatable bonds is 6. The molecule has 3 aromatic heterocycles. The molecular formula is C24H22N6. The summed E-state index contributed by atoms with van der Waals surface area (Å²) in [6.07, 6.45) is 14.3. The zero-order valence-electron chi connectivity index (χ0n) is 16.7. The van der Waals surface area contributed by atoms with E-state index in [1.165, 1.54) is 0 Å². The quantitative estimate of drug-likeness (QED) is 0.691. The van der Waals surface area contributed by atoms with Crippen molar-refractivity contribution >= 4 is 18.0 Å². The van der Waals surface area contributed by atoms with Gasteiger partial charge in [-0.25, -0.2) is 9.97 Å². The molecule has 148 valence electrons. The molecule has 0 radical (unpaired) electrons. The molecule has 5 rings (SSSR count). The summed E-state index contributed by atoms with van der Waals surface area (Å²) in [7, 11) is 0. The molecule has 0 spiro atoms. The fraction of sp³-hybridized carbons (Fsp3) is 0.292. The highest BCUT2D eigenvalue weighted by Gasteiger charge is 2.45. The summed E-state index contributed by atoms with van der Waals surface area (Å²) in [6.45, 7) is 0.740. The molecule has 0 saturated heterocycles. The van der Waals surface area contributed by atoms with E-state index in [1.807, 2.05) is 30.5 Å². The summed E-state index contributed by atoms with van der Waals surface area (Å²) in [5.74, 6) is 1.48. The van der Waals surface area contributed by atoms with Crippen LogP contribution in [0.2, 0.25) is 0 Å². The van der Waals surface area contributed by atoms with Crippen LogP contribution in [0.5, 0.6) is 0 Å². The lowest BCUT2D eigenvalue weighted by atomic mass is 9.98. The SMILES string of the molecule is N#CC1(c2cncc(-c3nc(NCCc4ccccn4)c4c(n3)=CCCC=4)c2)CC1.